The lowest BCUT2D eigenvalue weighted by molar-refractivity contribution is -0.146. The van der Waals surface area contributed by atoms with Crippen LogP contribution >= 0.6 is 23.2 Å². The molecule has 2 aromatic carbocycles. The summed E-state index contributed by atoms with van der Waals surface area (Å²) in [4.78, 5) is 24.3. The first-order valence-corrected chi connectivity index (χ1v) is 11.9. The molecule has 7 nitrogen and oxygen atoms in total. The predicted octanol–water partition coefficient (Wildman–Crippen LogP) is 6.06. The van der Waals surface area contributed by atoms with Crippen molar-refractivity contribution in [3.8, 4) is 17.2 Å². The molecule has 2 unspecified atom stereocenters. The van der Waals surface area contributed by atoms with Crippen molar-refractivity contribution < 1.29 is 28.5 Å². The number of ether oxygens (including phenoxy) is 4. The molecular weight excluding hydrogens is 481 g/mol. The highest BCUT2D eigenvalue weighted by Gasteiger charge is 2.25. The fourth-order valence-corrected chi connectivity index (χ4v) is 3.88. The van der Waals surface area contributed by atoms with Crippen LogP contribution in [0.25, 0.3) is 0 Å². The molecule has 2 aromatic rings. The predicted molar refractivity (Wildman–Crippen MR) is 132 cm³/mol. The van der Waals surface area contributed by atoms with Crippen LogP contribution in [-0.2, 0) is 19.1 Å². The second kappa shape index (κ2) is 13.4. The summed E-state index contributed by atoms with van der Waals surface area (Å²) >= 11 is 13.0. The van der Waals surface area contributed by atoms with Crippen LogP contribution in [0, 0.1) is 0 Å². The molecule has 0 saturated heterocycles. The average Bonchev–Trinajstić information content (AvgIpc) is 2.81. The molecule has 0 heterocycles. The fourth-order valence-electron chi connectivity index (χ4n) is 3.30. The van der Waals surface area contributed by atoms with Crippen LogP contribution in [0.1, 0.15) is 57.2 Å². The van der Waals surface area contributed by atoms with E-state index in [1.54, 1.807) is 39.2 Å². The van der Waals surface area contributed by atoms with E-state index in [2.05, 4.69) is 19.2 Å². The molecule has 0 spiro atoms. The van der Waals surface area contributed by atoms with E-state index >= 15 is 0 Å². The normalized spacial score (nSPS) is 12.6. The van der Waals surface area contributed by atoms with Crippen molar-refractivity contribution in [3.63, 3.8) is 0 Å². The molecular formula is C25H31Cl2NO6. The maximum atomic E-state index is 12.5. The Bertz CT molecular complexity index is 974. The third kappa shape index (κ3) is 7.26. The Morgan fingerprint density at radius 2 is 1.65 bits per heavy atom. The van der Waals surface area contributed by atoms with Crippen LogP contribution in [0.15, 0.2) is 30.3 Å². The lowest BCUT2D eigenvalue weighted by Gasteiger charge is -2.20. The molecule has 1 N–H and O–H groups in total. The van der Waals surface area contributed by atoms with E-state index in [1.807, 2.05) is 12.1 Å². The van der Waals surface area contributed by atoms with Gasteiger partial charge in [0.2, 0.25) is 0 Å². The molecule has 2 atom stereocenters. The molecule has 0 aliphatic heterocycles. The molecule has 0 aromatic heterocycles. The smallest absolute Gasteiger partial charge is 0.327 e. The zero-order valence-corrected chi connectivity index (χ0v) is 21.6. The molecule has 0 aliphatic carbocycles. The number of hydrogen-bond donors (Lipinski definition) is 1. The molecule has 0 saturated carbocycles. The average molecular weight is 512 g/mol. The maximum absolute atomic E-state index is 12.5. The fraction of sp³-hybridized carbons (Fsp3) is 0.440. The lowest BCUT2D eigenvalue weighted by Crippen LogP contribution is -2.34. The van der Waals surface area contributed by atoms with Gasteiger partial charge in [0.05, 0.1) is 36.9 Å². The van der Waals surface area contributed by atoms with E-state index in [9.17, 15) is 9.59 Å². The van der Waals surface area contributed by atoms with Gasteiger partial charge in [-0.2, -0.15) is 0 Å². The van der Waals surface area contributed by atoms with Crippen molar-refractivity contribution >= 4 is 35.1 Å². The minimum atomic E-state index is -0.966. The van der Waals surface area contributed by atoms with Crippen molar-refractivity contribution in [2.45, 2.75) is 46.1 Å². The minimum absolute atomic E-state index is 0.176. The number of methoxy groups -OCH3 is 1. The lowest BCUT2D eigenvalue weighted by atomic mass is 9.97. The van der Waals surface area contributed by atoms with Crippen molar-refractivity contribution in [2.75, 3.05) is 26.9 Å². The van der Waals surface area contributed by atoms with Crippen LogP contribution in [0.3, 0.4) is 0 Å². The van der Waals surface area contributed by atoms with Gasteiger partial charge in [-0.05, 0) is 62.1 Å². The van der Waals surface area contributed by atoms with Gasteiger partial charge in [-0.25, -0.2) is 4.79 Å². The Morgan fingerprint density at radius 3 is 2.21 bits per heavy atom. The van der Waals surface area contributed by atoms with Gasteiger partial charge in [-0.1, -0.05) is 37.0 Å². The highest BCUT2D eigenvalue weighted by Crippen LogP contribution is 2.40. The van der Waals surface area contributed by atoms with E-state index in [0.29, 0.717) is 11.3 Å². The number of benzene rings is 2. The van der Waals surface area contributed by atoms with Gasteiger partial charge in [0, 0.05) is 5.56 Å². The largest absolute Gasteiger partial charge is 0.496 e. The van der Waals surface area contributed by atoms with Gasteiger partial charge in [-0.3, -0.25) is 10.1 Å². The Balaban J connectivity index is 2.35. The van der Waals surface area contributed by atoms with Crippen molar-refractivity contribution in [3.05, 3.63) is 51.5 Å². The summed E-state index contributed by atoms with van der Waals surface area (Å²) in [7, 11) is 1.63. The molecule has 0 fully saturated rings. The number of carbonyl (C=O) groups excluding carboxylic acids is 2. The van der Waals surface area contributed by atoms with Crippen molar-refractivity contribution in [1.29, 1.82) is 0 Å². The summed E-state index contributed by atoms with van der Waals surface area (Å²) < 4.78 is 21.5. The number of hydrogen-bond acceptors (Lipinski definition) is 7. The number of esters is 2. The summed E-state index contributed by atoms with van der Waals surface area (Å²) in [5.74, 6) is 0.781. The zero-order chi connectivity index (χ0) is 25.3. The topological polar surface area (TPSA) is 83.1 Å². The SMILES string of the molecule is CCOC(=O)CNC(C(=O)OCC)c1cc(Cl)c(Oc2ccc(OC)c(C(C)CC)c2)c(Cl)c1. The monoisotopic (exact) mass is 511 g/mol. The molecule has 34 heavy (non-hydrogen) atoms. The number of nitrogens with one attached hydrogen (secondary N) is 1. The van der Waals surface area contributed by atoms with E-state index in [1.165, 1.54) is 0 Å². The second-order valence-corrected chi connectivity index (χ2v) is 8.31. The van der Waals surface area contributed by atoms with Gasteiger partial charge < -0.3 is 18.9 Å². The highest BCUT2D eigenvalue weighted by molar-refractivity contribution is 6.37. The first kappa shape index (κ1) is 27.8. The van der Waals surface area contributed by atoms with Crippen LogP contribution in [-0.4, -0.2) is 38.8 Å². The first-order chi connectivity index (χ1) is 16.2. The van der Waals surface area contributed by atoms with Gasteiger partial charge >= 0.3 is 11.9 Å². The highest BCUT2D eigenvalue weighted by atomic mass is 35.5. The molecule has 2 rings (SSSR count). The number of rotatable bonds is 12. The summed E-state index contributed by atoms with van der Waals surface area (Å²) in [6.45, 7) is 7.82. The molecule has 0 aliphatic rings. The third-order valence-corrected chi connectivity index (χ3v) is 5.76. The van der Waals surface area contributed by atoms with E-state index in [0.717, 1.165) is 17.7 Å². The Labute approximate surface area is 210 Å². The van der Waals surface area contributed by atoms with Gasteiger partial charge in [0.15, 0.2) is 5.75 Å². The summed E-state index contributed by atoms with van der Waals surface area (Å²) in [5, 5.41) is 3.26. The Morgan fingerprint density at radius 1 is 1.00 bits per heavy atom. The Kier molecular flexibility index (Phi) is 11.0. The van der Waals surface area contributed by atoms with Crippen molar-refractivity contribution in [2.24, 2.45) is 0 Å². The standard InChI is InChI=1S/C25H31Cl2NO6/c1-6-15(4)18-13-17(9-10-21(18)31-5)34-24-19(26)11-16(12-20(24)27)23(25(30)33-8-3)28-14-22(29)32-7-2/h9-13,15,23,28H,6-8,14H2,1-5H3. The van der Waals surface area contributed by atoms with Crippen LogP contribution in [0.4, 0.5) is 0 Å². The third-order valence-electron chi connectivity index (χ3n) is 5.20. The van der Waals surface area contributed by atoms with Crippen molar-refractivity contribution in [1.82, 2.24) is 5.32 Å². The quantitative estimate of drug-likeness (QED) is 0.346. The Hall–Kier alpha value is -2.48. The van der Waals surface area contributed by atoms with E-state index in [4.69, 9.17) is 42.1 Å². The van der Waals surface area contributed by atoms with E-state index < -0.39 is 18.0 Å². The molecule has 0 bridgehead atoms. The maximum Gasteiger partial charge on any atom is 0.327 e. The zero-order valence-electron chi connectivity index (χ0n) is 20.1. The second-order valence-electron chi connectivity index (χ2n) is 7.50. The van der Waals surface area contributed by atoms with Crippen LogP contribution < -0.4 is 14.8 Å². The van der Waals surface area contributed by atoms with Gasteiger partial charge in [0.1, 0.15) is 17.5 Å². The first-order valence-electron chi connectivity index (χ1n) is 11.2. The molecule has 9 heteroatoms. The molecule has 0 amide bonds. The van der Waals surface area contributed by atoms with E-state index in [-0.39, 0.29) is 41.5 Å². The van der Waals surface area contributed by atoms with Crippen LogP contribution in [0.2, 0.25) is 10.0 Å². The summed E-state index contributed by atoms with van der Waals surface area (Å²) in [5.41, 5.74) is 1.44. The van der Waals surface area contributed by atoms with Gasteiger partial charge in [0.25, 0.3) is 0 Å². The molecule has 186 valence electrons. The molecule has 0 radical (unpaired) electrons. The summed E-state index contributed by atoms with van der Waals surface area (Å²) in [6.07, 6.45) is 0.935. The minimum Gasteiger partial charge on any atom is -0.496 e. The van der Waals surface area contributed by atoms with Crippen LogP contribution in [0.5, 0.6) is 17.2 Å². The number of halogens is 2. The summed E-state index contributed by atoms with van der Waals surface area (Å²) in [6, 6.07) is 7.65. The number of carbonyl (C=O) groups is 2. The van der Waals surface area contributed by atoms with Gasteiger partial charge in [-0.15, -0.1) is 0 Å².